The van der Waals surface area contributed by atoms with E-state index in [0.717, 1.165) is 12.8 Å². The summed E-state index contributed by atoms with van der Waals surface area (Å²) in [6, 6.07) is 2.63. The van der Waals surface area contributed by atoms with Crippen LogP contribution in [-0.4, -0.2) is 83.2 Å². The van der Waals surface area contributed by atoms with Crippen molar-refractivity contribution in [3.63, 3.8) is 0 Å². The number of nitrogens with two attached hydrogens (primary N) is 2. The minimum absolute atomic E-state index is 0.0214. The lowest BCUT2D eigenvalue weighted by molar-refractivity contribution is -0.119. The quantitative estimate of drug-likeness (QED) is 0.101. The molecule has 0 aromatic heterocycles. The van der Waals surface area contributed by atoms with Crippen LogP contribution in [0, 0.1) is 6.92 Å². The van der Waals surface area contributed by atoms with Gasteiger partial charge in [0.1, 0.15) is 18.3 Å². The second-order valence-electron chi connectivity index (χ2n) is 8.88. The summed E-state index contributed by atoms with van der Waals surface area (Å²) in [7, 11) is 0. The van der Waals surface area contributed by atoms with Gasteiger partial charge in [-0.05, 0) is 49.6 Å². The average Bonchev–Trinajstić information content (AvgIpc) is 2.84. The van der Waals surface area contributed by atoms with Crippen LogP contribution in [-0.2, 0) is 17.8 Å². The number of hydrogen-bond donors (Lipinski definition) is 7. The molecule has 2 aliphatic heterocycles. The molecule has 0 unspecified atom stereocenters. The van der Waals surface area contributed by atoms with Crippen molar-refractivity contribution in [1.82, 2.24) is 19.5 Å². The summed E-state index contributed by atoms with van der Waals surface area (Å²) >= 11 is 0. The number of aromatic amines is 1. The number of hydrogen-bond acceptors (Lipinski definition) is 11. The number of unbranched alkanes of at least 4 members (excludes halogenated alkanes) is 1. The topological polar surface area (TPSA) is 231 Å². The number of aryl methyl sites for hydroxylation is 1. The van der Waals surface area contributed by atoms with Crippen LogP contribution in [0.5, 0.6) is 0 Å². The number of H-pyrrole nitrogens is 1. The van der Waals surface area contributed by atoms with Gasteiger partial charge >= 0.3 is 5.69 Å². The van der Waals surface area contributed by atoms with Crippen LogP contribution in [0.2, 0.25) is 0 Å². The highest BCUT2D eigenvalue weighted by molar-refractivity contribution is 5.88. The van der Waals surface area contributed by atoms with Gasteiger partial charge in [0.2, 0.25) is 0 Å². The summed E-state index contributed by atoms with van der Waals surface area (Å²) < 4.78 is 1.32. The number of aromatic nitrogens is 4. The van der Waals surface area contributed by atoms with E-state index in [9.17, 15) is 29.7 Å². The van der Waals surface area contributed by atoms with E-state index in [1.807, 2.05) is 4.98 Å². The Hall–Kier alpha value is -3.07. The Morgan fingerprint density at radius 3 is 2.53 bits per heavy atom. The molecule has 13 heteroatoms. The van der Waals surface area contributed by atoms with Crippen molar-refractivity contribution in [2.75, 3.05) is 13.2 Å². The second kappa shape index (κ2) is 11.8. The van der Waals surface area contributed by atoms with Crippen LogP contribution in [0.4, 0.5) is 0 Å². The molecule has 1 aromatic carbocycles. The molecule has 0 radical (unpaired) electrons. The first-order chi connectivity index (χ1) is 17.1. The summed E-state index contributed by atoms with van der Waals surface area (Å²) in [6.07, 6.45) is -2.94. The van der Waals surface area contributed by atoms with Crippen LogP contribution in [0.3, 0.4) is 0 Å². The standard InChI is InChI=1S/C23H32N6O7/c1-11-6-14-15(7-12(11)8-16(31)13(25)4-2-3-5-24)29(9-17(32)20(34)18(33)10-30)21-19(26-14)22(35)28-23(36)27-21/h6-7,13,17-18,20,30,32-34H,2-5,8-10,24-25H2,1H3,(H,28,35,36)/t13-,17+,18-,20+/m0/s1. The van der Waals surface area contributed by atoms with Gasteiger partial charge in [-0.3, -0.25) is 14.6 Å². The molecule has 13 nitrogen and oxygen atoms in total. The summed E-state index contributed by atoms with van der Waals surface area (Å²) in [5.74, 6) is -0.326. The fourth-order valence-electron chi connectivity index (χ4n) is 4.01. The summed E-state index contributed by atoms with van der Waals surface area (Å²) in [5, 5.41) is 39.6. The number of carbonyl (C=O) groups excluding carboxylic acids is 1. The van der Waals surface area contributed by atoms with Crippen LogP contribution in [0.1, 0.15) is 30.4 Å². The van der Waals surface area contributed by atoms with Gasteiger partial charge in [-0.25, -0.2) is 9.78 Å². The Bertz CT molecular complexity index is 1310. The fraction of sp³-hybridized carbons (Fsp3) is 0.522. The van der Waals surface area contributed by atoms with E-state index in [1.165, 1.54) is 4.57 Å². The molecule has 0 aliphatic carbocycles. The third kappa shape index (κ3) is 6.00. The number of aliphatic hydroxyl groups is 4. The van der Waals surface area contributed by atoms with E-state index < -0.39 is 48.8 Å². The van der Waals surface area contributed by atoms with Crippen molar-refractivity contribution in [2.45, 2.75) is 63.5 Å². The minimum atomic E-state index is -1.73. The Morgan fingerprint density at radius 1 is 1.14 bits per heavy atom. The highest BCUT2D eigenvalue weighted by atomic mass is 16.4. The molecular formula is C23H32N6O7. The monoisotopic (exact) mass is 504 g/mol. The van der Waals surface area contributed by atoms with Crippen molar-refractivity contribution in [3.05, 3.63) is 44.1 Å². The molecule has 3 rings (SSSR count). The number of nitrogens with zero attached hydrogens (tertiary/aromatic N) is 3. The van der Waals surface area contributed by atoms with Gasteiger partial charge in [-0.15, -0.1) is 0 Å². The zero-order valence-electron chi connectivity index (χ0n) is 19.9. The maximum Gasteiger partial charge on any atom is 0.349 e. The van der Waals surface area contributed by atoms with Gasteiger partial charge < -0.3 is 36.5 Å². The van der Waals surface area contributed by atoms with Crippen LogP contribution in [0.15, 0.2) is 21.7 Å². The number of carbonyl (C=O) groups is 1. The number of nitrogens with one attached hydrogen (secondary N) is 1. The highest BCUT2D eigenvalue weighted by Crippen LogP contribution is 2.25. The molecule has 9 N–H and O–H groups in total. The number of aliphatic hydroxyl groups excluding tert-OH is 4. The SMILES string of the molecule is Cc1cc2nc3c(=O)[nH]c(=O)nc-3n(C[C@@H](O)[C@@H](O)[C@@H](O)CO)c2cc1CC(=O)[C@@H](N)CCCCN. The Labute approximate surface area is 205 Å². The maximum atomic E-state index is 12.8. The third-order valence-corrected chi connectivity index (χ3v) is 6.16. The lowest BCUT2D eigenvalue weighted by atomic mass is 9.96. The molecule has 0 spiro atoms. The van der Waals surface area contributed by atoms with E-state index in [4.69, 9.17) is 16.6 Å². The van der Waals surface area contributed by atoms with E-state index in [-0.39, 0.29) is 23.7 Å². The molecule has 36 heavy (non-hydrogen) atoms. The van der Waals surface area contributed by atoms with Crippen LogP contribution < -0.4 is 22.7 Å². The van der Waals surface area contributed by atoms with Gasteiger partial charge in [-0.1, -0.05) is 6.42 Å². The van der Waals surface area contributed by atoms with E-state index in [1.54, 1.807) is 19.1 Å². The predicted octanol–water partition coefficient (Wildman–Crippen LogP) is -2.46. The number of ketones is 1. The van der Waals surface area contributed by atoms with Crippen molar-refractivity contribution >= 4 is 16.8 Å². The van der Waals surface area contributed by atoms with E-state index >= 15 is 0 Å². The summed E-state index contributed by atoms with van der Waals surface area (Å²) in [6.45, 7) is 1.10. The second-order valence-corrected chi connectivity index (χ2v) is 8.88. The third-order valence-electron chi connectivity index (χ3n) is 6.16. The van der Waals surface area contributed by atoms with Gasteiger partial charge in [0.05, 0.1) is 30.2 Å². The normalized spacial score (nSPS) is 15.2. The Kier molecular flexibility index (Phi) is 9.00. The van der Waals surface area contributed by atoms with Crippen molar-refractivity contribution in [1.29, 1.82) is 0 Å². The Balaban J connectivity index is 2.11. The number of rotatable bonds is 12. The Morgan fingerprint density at radius 2 is 1.86 bits per heavy atom. The maximum absolute atomic E-state index is 12.8. The van der Waals surface area contributed by atoms with Gasteiger partial charge in [0.25, 0.3) is 5.56 Å². The van der Waals surface area contributed by atoms with Crippen molar-refractivity contribution in [3.8, 4) is 11.5 Å². The molecule has 0 bridgehead atoms. The fourth-order valence-corrected chi connectivity index (χ4v) is 4.01. The lowest BCUT2D eigenvalue weighted by Crippen LogP contribution is -2.42. The van der Waals surface area contributed by atoms with Gasteiger partial charge in [0.15, 0.2) is 17.3 Å². The number of fused-ring (bicyclic) bond motifs is 2. The molecule has 2 aliphatic rings. The summed E-state index contributed by atoms with van der Waals surface area (Å²) in [4.78, 5) is 47.3. The highest BCUT2D eigenvalue weighted by Gasteiger charge is 2.28. The van der Waals surface area contributed by atoms with Crippen LogP contribution >= 0.6 is 0 Å². The van der Waals surface area contributed by atoms with Gasteiger partial charge in [0, 0.05) is 6.42 Å². The summed E-state index contributed by atoms with van der Waals surface area (Å²) in [5.41, 5.74) is 11.6. The molecule has 1 aromatic rings. The number of Topliss-reactive ketones (excluding diaryl/α,β-unsaturated/α-hetero) is 1. The average molecular weight is 505 g/mol. The smallest absolute Gasteiger partial charge is 0.349 e. The molecule has 196 valence electrons. The molecular weight excluding hydrogens is 472 g/mol. The van der Waals surface area contributed by atoms with Gasteiger partial charge in [-0.2, -0.15) is 4.98 Å². The largest absolute Gasteiger partial charge is 0.394 e. The molecule has 2 heterocycles. The molecule has 0 amide bonds. The van der Waals surface area contributed by atoms with E-state index in [0.29, 0.717) is 35.1 Å². The zero-order chi connectivity index (χ0) is 26.6. The first-order valence-corrected chi connectivity index (χ1v) is 11.6. The van der Waals surface area contributed by atoms with Crippen LogP contribution in [0.25, 0.3) is 22.6 Å². The predicted molar refractivity (Wildman–Crippen MR) is 130 cm³/mol. The first-order valence-electron chi connectivity index (χ1n) is 11.6. The van der Waals surface area contributed by atoms with E-state index in [2.05, 4.69) is 9.97 Å². The minimum Gasteiger partial charge on any atom is -0.394 e. The van der Waals surface area contributed by atoms with Crippen molar-refractivity contribution in [2.24, 2.45) is 11.5 Å². The molecule has 4 atom stereocenters. The van der Waals surface area contributed by atoms with Crippen molar-refractivity contribution < 1.29 is 25.2 Å². The zero-order valence-corrected chi connectivity index (χ0v) is 19.9. The molecule has 0 saturated carbocycles. The molecule has 0 saturated heterocycles. The first kappa shape index (κ1) is 27.5. The number of benzene rings is 1. The lowest BCUT2D eigenvalue weighted by Gasteiger charge is -2.25. The molecule has 0 fully saturated rings.